The van der Waals surface area contributed by atoms with Crippen molar-refractivity contribution in [1.29, 1.82) is 0 Å². The van der Waals surface area contributed by atoms with E-state index in [1.165, 1.54) is 0 Å². The van der Waals surface area contributed by atoms with Crippen molar-refractivity contribution >= 4 is 17.4 Å². The fraction of sp³-hybridized carbons (Fsp3) is 0.538. The van der Waals surface area contributed by atoms with Gasteiger partial charge in [0.25, 0.3) is 0 Å². The summed E-state index contributed by atoms with van der Waals surface area (Å²) in [7, 11) is 0. The fourth-order valence-corrected chi connectivity index (χ4v) is 3.51. The largest absolute Gasteiger partial charge is 0.377 e. The van der Waals surface area contributed by atoms with Crippen LogP contribution in [0, 0.1) is 22.9 Å². The molecule has 1 unspecified atom stereocenters. The Labute approximate surface area is 109 Å². The third-order valence-corrected chi connectivity index (χ3v) is 4.59. The van der Waals surface area contributed by atoms with Crippen LogP contribution in [0.3, 0.4) is 0 Å². The van der Waals surface area contributed by atoms with Crippen LogP contribution in [0.2, 0.25) is 0 Å². The Hall–Kier alpha value is -0.840. The Morgan fingerprint density at radius 2 is 1.83 bits per heavy atom. The van der Waals surface area contributed by atoms with E-state index < -0.39 is 17.5 Å². The molecule has 2 rings (SSSR count). The summed E-state index contributed by atoms with van der Waals surface area (Å²) in [5.41, 5.74) is -0.0761. The minimum absolute atomic E-state index is 0.00760. The van der Waals surface area contributed by atoms with Crippen LogP contribution in [0.15, 0.2) is 12.1 Å². The molecule has 0 amide bonds. The molecule has 1 aliphatic heterocycles. The third kappa shape index (κ3) is 3.13. The highest BCUT2D eigenvalue weighted by atomic mass is 32.2. The van der Waals surface area contributed by atoms with Gasteiger partial charge in [-0.25, -0.2) is 13.2 Å². The lowest BCUT2D eigenvalue weighted by Gasteiger charge is -2.35. The number of anilines is 1. The maximum absolute atomic E-state index is 13.5. The molecule has 1 aromatic carbocycles. The number of rotatable bonds is 2. The molecule has 1 nitrogen and oxygen atoms in total. The average Bonchev–Trinajstić information content (AvgIpc) is 2.22. The van der Waals surface area contributed by atoms with Crippen molar-refractivity contribution in [3.8, 4) is 0 Å². The molecule has 18 heavy (non-hydrogen) atoms. The minimum Gasteiger partial charge on any atom is -0.377 e. The summed E-state index contributed by atoms with van der Waals surface area (Å²) in [6.45, 7) is 4.26. The summed E-state index contributed by atoms with van der Waals surface area (Å²) >= 11 is 1.76. The van der Waals surface area contributed by atoms with Crippen molar-refractivity contribution in [3.63, 3.8) is 0 Å². The van der Waals surface area contributed by atoms with Gasteiger partial charge >= 0.3 is 0 Å². The summed E-state index contributed by atoms with van der Waals surface area (Å²) in [6, 6.07) is 1.41. The lowest BCUT2D eigenvalue weighted by Crippen LogP contribution is -2.35. The van der Waals surface area contributed by atoms with E-state index in [9.17, 15) is 13.2 Å². The monoisotopic (exact) mass is 275 g/mol. The second kappa shape index (κ2) is 5.03. The Balaban J connectivity index is 2.14. The zero-order chi connectivity index (χ0) is 13.3. The van der Waals surface area contributed by atoms with Crippen LogP contribution >= 0.6 is 11.8 Å². The molecule has 1 fully saturated rings. The van der Waals surface area contributed by atoms with Crippen LogP contribution in [-0.2, 0) is 0 Å². The molecule has 1 heterocycles. The van der Waals surface area contributed by atoms with Gasteiger partial charge in [-0.15, -0.1) is 0 Å². The topological polar surface area (TPSA) is 12.0 Å². The smallest absolute Gasteiger partial charge is 0.152 e. The van der Waals surface area contributed by atoms with Crippen molar-refractivity contribution < 1.29 is 13.2 Å². The van der Waals surface area contributed by atoms with E-state index in [2.05, 4.69) is 19.2 Å². The predicted molar refractivity (Wildman–Crippen MR) is 69.4 cm³/mol. The number of benzene rings is 1. The van der Waals surface area contributed by atoms with E-state index in [0.29, 0.717) is 12.1 Å². The average molecular weight is 275 g/mol. The Morgan fingerprint density at radius 1 is 1.22 bits per heavy atom. The van der Waals surface area contributed by atoms with Gasteiger partial charge in [-0.05, 0) is 17.6 Å². The maximum atomic E-state index is 13.5. The number of halogens is 3. The Kier molecular flexibility index (Phi) is 3.80. The van der Waals surface area contributed by atoms with E-state index >= 15 is 0 Å². The van der Waals surface area contributed by atoms with Crippen molar-refractivity contribution in [2.75, 3.05) is 16.8 Å². The standard InChI is InChI=1S/C13H16F3NS/c1-13(2)5-9(6-18-7-13)17-12-10(15)3-8(14)4-11(12)16/h3-4,9,17H,5-7H2,1-2H3. The molecule has 1 saturated heterocycles. The Bertz CT molecular complexity index is 425. The molecule has 0 aliphatic carbocycles. The number of thioether (sulfide) groups is 1. The lowest BCUT2D eigenvalue weighted by molar-refractivity contribution is 0.357. The summed E-state index contributed by atoms with van der Waals surface area (Å²) in [5.74, 6) is -0.796. The number of hydrogen-bond acceptors (Lipinski definition) is 2. The van der Waals surface area contributed by atoms with Crippen LogP contribution in [0.4, 0.5) is 18.9 Å². The molecule has 100 valence electrons. The quantitative estimate of drug-likeness (QED) is 0.874. The van der Waals surface area contributed by atoms with Gasteiger partial charge in [0.2, 0.25) is 0 Å². The van der Waals surface area contributed by atoms with Gasteiger partial charge in [-0.2, -0.15) is 11.8 Å². The molecule has 1 aromatic rings. The molecule has 0 spiro atoms. The molecule has 5 heteroatoms. The first kappa shape index (κ1) is 13.6. The first-order valence-electron chi connectivity index (χ1n) is 5.86. The molecule has 1 aliphatic rings. The highest BCUT2D eigenvalue weighted by Gasteiger charge is 2.29. The minimum atomic E-state index is -0.895. The Morgan fingerprint density at radius 3 is 2.39 bits per heavy atom. The third-order valence-electron chi connectivity index (χ3n) is 2.97. The van der Waals surface area contributed by atoms with Crippen LogP contribution in [0.1, 0.15) is 20.3 Å². The summed E-state index contributed by atoms with van der Waals surface area (Å²) in [4.78, 5) is 0. The van der Waals surface area contributed by atoms with E-state index in [4.69, 9.17) is 0 Å². The maximum Gasteiger partial charge on any atom is 0.152 e. The molecule has 0 saturated carbocycles. The van der Waals surface area contributed by atoms with E-state index in [1.807, 2.05) is 0 Å². The van der Waals surface area contributed by atoms with E-state index in [0.717, 1.165) is 17.9 Å². The van der Waals surface area contributed by atoms with Gasteiger partial charge in [0, 0.05) is 23.9 Å². The highest BCUT2D eigenvalue weighted by Crippen LogP contribution is 2.35. The van der Waals surface area contributed by atoms with Gasteiger partial charge < -0.3 is 5.32 Å². The normalized spacial score (nSPS) is 22.8. The lowest BCUT2D eigenvalue weighted by atomic mass is 9.88. The van der Waals surface area contributed by atoms with Gasteiger partial charge in [-0.1, -0.05) is 13.8 Å². The fourth-order valence-electron chi connectivity index (χ4n) is 2.24. The number of hydrogen-bond donors (Lipinski definition) is 1. The van der Waals surface area contributed by atoms with Crippen molar-refractivity contribution in [2.24, 2.45) is 5.41 Å². The van der Waals surface area contributed by atoms with Crippen molar-refractivity contribution in [2.45, 2.75) is 26.3 Å². The van der Waals surface area contributed by atoms with Crippen LogP contribution in [0.5, 0.6) is 0 Å². The molecule has 0 aromatic heterocycles. The first-order chi connectivity index (χ1) is 8.37. The second-order valence-corrected chi connectivity index (χ2v) is 6.50. The van der Waals surface area contributed by atoms with Gasteiger partial charge in [0.15, 0.2) is 11.6 Å². The molecule has 1 N–H and O–H groups in total. The molecule has 1 atom stereocenters. The molecule has 0 bridgehead atoms. The van der Waals surface area contributed by atoms with Crippen molar-refractivity contribution in [3.05, 3.63) is 29.6 Å². The predicted octanol–water partition coefficient (Wildman–Crippen LogP) is 4.05. The first-order valence-corrected chi connectivity index (χ1v) is 7.02. The van der Waals surface area contributed by atoms with E-state index in [1.54, 1.807) is 11.8 Å². The summed E-state index contributed by atoms with van der Waals surface area (Å²) < 4.78 is 39.8. The molecule has 0 radical (unpaired) electrons. The summed E-state index contributed by atoms with van der Waals surface area (Å²) in [6.07, 6.45) is 0.844. The van der Waals surface area contributed by atoms with Crippen LogP contribution in [-0.4, -0.2) is 17.5 Å². The zero-order valence-corrected chi connectivity index (χ0v) is 11.2. The number of nitrogens with one attached hydrogen (secondary N) is 1. The zero-order valence-electron chi connectivity index (χ0n) is 10.4. The van der Waals surface area contributed by atoms with Crippen molar-refractivity contribution in [1.82, 2.24) is 0 Å². The second-order valence-electron chi connectivity index (χ2n) is 5.47. The van der Waals surface area contributed by atoms with E-state index in [-0.39, 0.29) is 17.1 Å². The highest BCUT2D eigenvalue weighted by molar-refractivity contribution is 7.99. The van der Waals surface area contributed by atoms with Crippen LogP contribution < -0.4 is 5.32 Å². The van der Waals surface area contributed by atoms with Gasteiger partial charge in [-0.3, -0.25) is 0 Å². The SMILES string of the molecule is CC1(C)CSCC(Nc2c(F)cc(F)cc2F)C1. The molecular weight excluding hydrogens is 259 g/mol. The van der Waals surface area contributed by atoms with Gasteiger partial charge in [0.05, 0.1) is 0 Å². The summed E-state index contributed by atoms with van der Waals surface area (Å²) in [5, 5.41) is 2.86. The molecular formula is C13H16F3NS. The van der Waals surface area contributed by atoms with Crippen LogP contribution in [0.25, 0.3) is 0 Å². The van der Waals surface area contributed by atoms with Gasteiger partial charge in [0.1, 0.15) is 11.5 Å².